The molecule has 1 aliphatic rings. The van der Waals surface area contributed by atoms with Crippen LogP contribution in [0.4, 0.5) is 10.1 Å². The van der Waals surface area contributed by atoms with E-state index >= 15 is 0 Å². The first kappa shape index (κ1) is 14.7. The van der Waals surface area contributed by atoms with Gasteiger partial charge in [-0.05, 0) is 18.9 Å². The Morgan fingerprint density at radius 1 is 1.50 bits per heavy atom. The van der Waals surface area contributed by atoms with Gasteiger partial charge in [-0.25, -0.2) is 4.39 Å². The third kappa shape index (κ3) is 2.14. The van der Waals surface area contributed by atoms with Gasteiger partial charge in [-0.1, -0.05) is 19.9 Å². The quantitative estimate of drug-likeness (QED) is 0.666. The van der Waals surface area contributed by atoms with Gasteiger partial charge in [0.25, 0.3) is 0 Å². The van der Waals surface area contributed by atoms with Gasteiger partial charge >= 0.3 is 5.69 Å². The number of para-hydroxylation sites is 1. The maximum Gasteiger partial charge on any atom is 0.314 e. The molecule has 5 nitrogen and oxygen atoms in total. The first-order valence-electron chi connectivity index (χ1n) is 6.73. The van der Waals surface area contributed by atoms with Crippen LogP contribution in [-0.4, -0.2) is 22.2 Å². The van der Waals surface area contributed by atoms with Crippen LogP contribution in [0.15, 0.2) is 18.2 Å². The monoisotopic (exact) mass is 283 g/mol. The second-order valence-corrected chi connectivity index (χ2v) is 5.14. The summed E-state index contributed by atoms with van der Waals surface area (Å²) in [6.45, 7) is 3.86. The zero-order chi connectivity index (χ0) is 14.9. The van der Waals surface area contributed by atoms with Gasteiger partial charge in [-0.3, -0.25) is 10.1 Å². The summed E-state index contributed by atoms with van der Waals surface area (Å²) in [6, 6.07) is 3.63. The Morgan fingerprint density at radius 3 is 2.65 bits per heavy atom. The highest BCUT2D eigenvalue weighted by Gasteiger charge is 2.54. The van der Waals surface area contributed by atoms with Crippen molar-refractivity contribution in [2.75, 3.05) is 0 Å². The van der Waals surface area contributed by atoms with Gasteiger partial charge in [0.05, 0.1) is 11.0 Å². The normalized spacial score (nSPS) is 24.0. The van der Waals surface area contributed by atoms with E-state index in [0.29, 0.717) is 19.3 Å². The van der Waals surface area contributed by atoms with Gasteiger partial charge in [0, 0.05) is 17.9 Å². The van der Waals surface area contributed by atoms with Crippen molar-refractivity contribution in [1.82, 2.24) is 0 Å². The van der Waals surface area contributed by atoms with Crippen molar-refractivity contribution in [3.63, 3.8) is 0 Å². The zero-order valence-electron chi connectivity index (χ0n) is 11.5. The first-order chi connectivity index (χ1) is 9.46. The molecule has 2 unspecified atom stereocenters. The average Bonchev–Trinajstić information content (AvgIpc) is 2.41. The minimum Gasteiger partial charge on any atom is -0.481 e. The van der Waals surface area contributed by atoms with Crippen LogP contribution >= 0.6 is 0 Å². The van der Waals surface area contributed by atoms with Crippen molar-refractivity contribution in [2.24, 2.45) is 5.41 Å². The number of aliphatic hydroxyl groups excluding tert-OH is 1. The highest BCUT2D eigenvalue weighted by molar-refractivity contribution is 5.47. The number of aliphatic hydroxyl groups is 1. The highest BCUT2D eigenvalue weighted by atomic mass is 19.1. The smallest absolute Gasteiger partial charge is 0.314 e. The lowest BCUT2D eigenvalue weighted by atomic mass is 9.60. The molecule has 2 atom stereocenters. The summed E-state index contributed by atoms with van der Waals surface area (Å²) in [5, 5.41) is 20.9. The molecule has 0 amide bonds. The number of rotatable bonds is 5. The number of nitrogens with zero attached hydrogens (tertiary/aromatic N) is 1. The lowest BCUT2D eigenvalue weighted by Gasteiger charge is -2.52. The maximum atomic E-state index is 13.8. The molecule has 1 saturated carbocycles. The second-order valence-electron chi connectivity index (χ2n) is 5.14. The Morgan fingerprint density at radius 2 is 2.15 bits per heavy atom. The largest absolute Gasteiger partial charge is 0.481 e. The van der Waals surface area contributed by atoms with E-state index in [2.05, 4.69) is 0 Å². The SMILES string of the molecule is CCC1(CC)C(O)CC1Oc1c(F)cccc1[N+](=O)[O-]. The average molecular weight is 283 g/mol. The summed E-state index contributed by atoms with van der Waals surface area (Å²) in [6.07, 6.45) is 0.818. The molecule has 110 valence electrons. The van der Waals surface area contributed by atoms with Gasteiger partial charge in [0.15, 0.2) is 5.82 Å². The Labute approximate surface area is 116 Å². The van der Waals surface area contributed by atoms with Gasteiger partial charge < -0.3 is 9.84 Å². The minimum absolute atomic E-state index is 0.333. The van der Waals surface area contributed by atoms with Crippen LogP contribution < -0.4 is 4.74 Å². The zero-order valence-corrected chi connectivity index (χ0v) is 11.5. The van der Waals surface area contributed by atoms with Crippen molar-refractivity contribution in [3.05, 3.63) is 34.1 Å². The lowest BCUT2D eigenvalue weighted by Crippen LogP contribution is -2.59. The minimum atomic E-state index is -0.748. The molecule has 0 spiro atoms. The molecular weight excluding hydrogens is 265 g/mol. The molecule has 0 saturated heterocycles. The van der Waals surface area contributed by atoms with Crippen molar-refractivity contribution >= 4 is 5.69 Å². The lowest BCUT2D eigenvalue weighted by molar-refractivity contribution is -0.386. The summed E-state index contributed by atoms with van der Waals surface area (Å²) in [5.41, 5.74) is -0.830. The van der Waals surface area contributed by atoms with Gasteiger partial charge in [0.1, 0.15) is 6.10 Å². The third-order valence-electron chi connectivity index (χ3n) is 4.46. The van der Waals surface area contributed by atoms with Crippen LogP contribution in [0.25, 0.3) is 0 Å². The summed E-state index contributed by atoms with van der Waals surface area (Å²) in [7, 11) is 0. The summed E-state index contributed by atoms with van der Waals surface area (Å²) < 4.78 is 19.4. The van der Waals surface area contributed by atoms with E-state index in [-0.39, 0.29) is 11.4 Å². The standard InChI is InChI=1S/C14H18FNO4/c1-3-14(4-2)11(17)8-12(14)20-13-9(15)6-5-7-10(13)16(18)19/h5-7,11-12,17H,3-4,8H2,1-2H3. The number of halogens is 1. The summed E-state index contributed by atoms with van der Waals surface area (Å²) in [4.78, 5) is 10.3. The molecule has 1 aromatic rings. The van der Waals surface area contributed by atoms with Crippen molar-refractivity contribution in [1.29, 1.82) is 0 Å². The molecule has 6 heteroatoms. The molecule has 0 aromatic heterocycles. The molecule has 1 aliphatic carbocycles. The van der Waals surface area contributed by atoms with Gasteiger partial charge in [0.2, 0.25) is 5.75 Å². The molecule has 0 heterocycles. The number of nitro groups is 1. The Hall–Kier alpha value is -1.69. The van der Waals surface area contributed by atoms with E-state index in [9.17, 15) is 19.6 Å². The van der Waals surface area contributed by atoms with Gasteiger partial charge in [-0.15, -0.1) is 0 Å². The molecular formula is C14H18FNO4. The molecule has 20 heavy (non-hydrogen) atoms. The molecule has 0 radical (unpaired) electrons. The Bertz CT molecular complexity index is 516. The number of benzene rings is 1. The second kappa shape index (κ2) is 5.36. The number of nitro benzene ring substituents is 1. The number of ether oxygens (including phenoxy) is 1. The van der Waals surface area contributed by atoms with Crippen molar-refractivity contribution in [3.8, 4) is 5.75 Å². The van der Waals surface area contributed by atoms with Crippen LogP contribution in [0.5, 0.6) is 5.75 Å². The van der Waals surface area contributed by atoms with Gasteiger partial charge in [-0.2, -0.15) is 0 Å². The van der Waals surface area contributed by atoms with Crippen LogP contribution in [0.1, 0.15) is 33.1 Å². The molecule has 1 N–H and O–H groups in total. The van der Waals surface area contributed by atoms with Crippen molar-refractivity contribution < 1.29 is 19.2 Å². The molecule has 2 rings (SSSR count). The van der Waals surface area contributed by atoms with E-state index in [0.717, 1.165) is 6.07 Å². The van der Waals surface area contributed by atoms with Crippen LogP contribution in [-0.2, 0) is 0 Å². The van der Waals surface area contributed by atoms with E-state index in [1.54, 1.807) is 0 Å². The van der Waals surface area contributed by atoms with E-state index in [1.165, 1.54) is 12.1 Å². The molecule has 1 fully saturated rings. The van der Waals surface area contributed by atoms with Crippen LogP contribution in [0.3, 0.4) is 0 Å². The van der Waals surface area contributed by atoms with E-state index in [1.807, 2.05) is 13.8 Å². The van der Waals surface area contributed by atoms with Crippen LogP contribution in [0.2, 0.25) is 0 Å². The number of hydrogen-bond donors (Lipinski definition) is 1. The van der Waals surface area contributed by atoms with E-state index in [4.69, 9.17) is 4.74 Å². The fourth-order valence-corrected chi connectivity index (χ4v) is 2.97. The third-order valence-corrected chi connectivity index (χ3v) is 4.46. The topological polar surface area (TPSA) is 72.6 Å². The van der Waals surface area contributed by atoms with E-state index < -0.39 is 28.4 Å². The fraction of sp³-hybridized carbons (Fsp3) is 0.571. The van der Waals surface area contributed by atoms with Crippen LogP contribution in [0, 0.1) is 21.3 Å². The summed E-state index contributed by atoms with van der Waals surface area (Å²) in [5.74, 6) is -1.08. The maximum absolute atomic E-state index is 13.8. The predicted molar refractivity (Wildman–Crippen MR) is 71.1 cm³/mol. The Balaban J connectivity index is 2.30. The predicted octanol–water partition coefficient (Wildman–Crippen LogP) is 3.05. The molecule has 0 bridgehead atoms. The Kier molecular flexibility index (Phi) is 3.94. The number of hydrogen-bond acceptors (Lipinski definition) is 4. The molecule has 1 aromatic carbocycles. The first-order valence-corrected chi connectivity index (χ1v) is 6.73. The molecule has 0 aliphatic heterocycles. The summed E-state index contributed by atoms with van der Waals surface area (Å²) >= 11 is 0. The van der Waals surface area contributed by atoms with Crippen molar-refractivity contribution in [2.45, 2.75) is 45.3 Å². The highest BCUT2D eigenvalue weighted by Crippen LogP contribution is 2.50. The fourth-order valence-electron chi connectivity index (χ4n) is 2.97.